The number of nitrogens with zero attached hydrogens (tertiary/aromatic N) is 1. The number of fused-ring (bicyclic) bond motifs is 4. The quantitative estimate of drug-likeness (QED) is 0.616. The van der Waals surface area contributed by atoms with Gasteiger partial charge in [-0.05, 0) is 55.3 Å². The molecule has 6 rings (SSSR count). The second-order valence-electron chi connectivity index (χ2n) is 8.95. The first-order valence-corrected chi connectivity index (χ1v) is 11.1. The van der Waals surface area contributed by atoms with Crippen LogP contribution in [0.3, 0.4) is 0 Å². The zero-order valence-corrected chi connectivity index (χ0v) is 17.5. The van der Waals surface area contributed by atoms with Gasteiger partial charge in [0.25, 0.3) is 0 Å². The summed E-state index contributed by atoms with van der Waals surface area (Å²) in [6, 6.07) is 23.6. The lowest BCUT2D eigenvalue weighted by molar-refractivity contribution is -0.127. The van der Waals surface area contributed by atoms with Gasteiger partial charge in [0.15, 0.2) is 5.78 Å². The van der Waals surface area contributed by atoms with Gasteiger partial charge in [-0.25, -0.2) is 4.39 Å². The van der Waals surface area contributed by atoms with Gasteiger partial charge in [0.05, 0.1) is 5.92 Å². The van der Waals surface area contributed by atoms with Crippen LogP contribution in [0.5, 0.6) is 0 Å². The van der Waals surface area contributed by atoms with Crippen LogP contribution in [-0.2, 0) is 10.3 Å². The lowest BCUT2D eigenvalue weighted by Crippen LogP contribution is -2.52. The zero-order valence-electron chi connectivity index (χ0n) is 17.5. The molecule has 3 aliphatic heterocycles. The second kappa shape index (κ2) is 7.10. The predicted octanol–water partition coefficient (Wildman–Crippen LogP) is 4.73. The number of Topliss-reactive ketones (excluding diaryl/α,β-unsaturated/α-hetero) is 1. The monoisotopic (exact) mass is 426 g/mol. The van der Waals surface area contributed by atoms with Gasteiger partial charge >= 0.3 is 0 Å². The third-order valence-corrected chi connectivity index (χ3v) is 7.50. The summed E-state index contributed by atoms with van der Waals surface area (Å²) in [6.07, 6.45) is 1.92. The minimum atomic E-state index is -1.07. The van der Waals surface area contributed by atoms with Crippen molar-refractivity contribution in [1.82, 2.24) is 4.90 Å². The molecule has 3 aromatic carbocycles. The van der Waals surface area contributed by atoms with Gasteiger partial charge in [-0.3, -0.25) is 14.5 Å². The van der Waals surface area contributed by atoms with Crippen molar-refractivity contribution in [2.24, 2.45) is 5.92 Å². The molecule has 0 unspecified atom stereocenters. The molecule has 0 saturated carbocycles. The minimum absolute atomic E-state index is 0.0868. The summed E-state index contributed by atoms with van der Waals surface area (Å²) in [5, 5.41) is 3.07. The smallest absolute Gasteiger partial charge is 0.250 e. The van der Waals surface area contributed by atoms with Gasteiger partial charge in [0, 0.05) is 28.8 Å². The summed E-state index contributed by atoms with van der Waals surface area (Å²) in [5.74, 6) is -1.37. The largest absolute Gasteiger partial charge is 0.324 e. The third kappa shape index (κ3) is 2.51. The molecule has 5 heteroatoms. The molecule has 2 saturated heterocycles. The van der Waals surface area contributed by atoms with Crippen LogP contribution in [0.2, 0.25) is 0 Å². The zero-order chi connectivity index (χ0) is 21.9. The van der Waals surface area contributed by atoms with E-state index in [0.29, 0.717) is 5.56 Å². The van der Waals surface area contributed by atoms with Crippen molar-refractivity contribution < 1.29 is 14.0 Å². The molecule has 2 fully saturated rings. The molecule has 3 aromatic rings. The minimum Gasteiger partial charge on any atom is -0.324 e. The SMILES string of the molecule is O=C(c1ccc(F)cc1)[C@@H]1[C@H](c2ccccc2)[C@@H]2CCCN2[C@@]12C(=O)Nc1ccccc12. The number of para-hydroxylation sites is 1. The van der Waals surface area contributed by atoms with Crippen molar-refractivity contribution in [3.63, 3.8) is 0 Å². The number of anilines is 1. The number of benzene rings is 3. The fraction of sp³-hybridized carbons (Fsp3) is 0.259. The van der Waals surface area contributed by atoms with E-state index in [1.54, 1.807) is 0 Å². The molecule has 3 heterocycles. The fourth-order valence-corrected chi connectivity index (χ4v) is 6.36. The highest BCUT2D eigenvalue weighted by Crippen LogP contribution is 2.61. The molecule has 1 spiro atoms. The molecule has 3 aliphatic rings. The van der Waals surface area contributed by atoms with E-state index < -0.39 is 11.5 Å². The Labute approximate surface area is 186 Å². The maximum atomic E-state index is 14.2. The first-order valence-electron chi connectivity index (χ1n) is 11.1. The van der Waals surface area contributed by atoms with Crippen LogP contribution in [0, 0.1) is 11.7 Å². The van der Waals surface area contributed by atoms with Crippen molar-refractivity contribution in [3.8, 4) is 0 Å². The molecule has 0 aliphatic carbocycles. The molecule has 0 bridgehead atoms. The number of halogens is 1. The Hall–Kier alpha value is -3.31. The maximum absolute atomic E-state index is 14.2. The summed E-state index contributed by atoms with van der Waals surface area (Å²) in [7, 11) is 0. The van der Waals surface area contributed by atoms with Crippen LogP contribution in [0.25, 0.3) is 0 Å². The van der Waals surface area contributed by atoms with Gasteiger partial charge in [-0.1, -0.05) is 48.5 Å². The van der Waals surface area contributed by atoms with E-state index in [-0.39, 0.29) is 29.5 Å². The topological polar surface area (TPSA) is 49.4 Å². The number of ketones is 1. The molecule has 1 amide bonds. The molecule has 1 N–H and O–H groups in total. The van der Waals surface area contributed by atoms with E-state index in [1.165, 1.54) is 24.3 Å². The Morgan fingerprint density at radius 3 is 2.47 bits per heavy atom. The average Bonchev–Trinajstić information content (AvgIpc) is 3.48. The van der Waals surface area contributed by atoms with Crippen molar-refractivity contribution >= 4 is 17.4 Å². The third-order valence-electron chi connectivity index (χ3n) is 7.50. The molecule has 160 valence electrons. The number of hydrogen-bond acceptors (Lipinski definition) is 3. The Kier molecular flexibility index (Phi) is 4.30. The van der Waals surface area contributed by atoms with Crippen LogP contribution in [0.15, 0.2) is 78.9 Å². The Morgan fingerprint density at radius 1 is 0.969 bits per heavy atom. The first-order chi connectivity index (χ1) is 15.6. The van der Waals surface area contributed by atoms with Gasteiger partial charge in [0.2, 0.25) is 5.91 Å². The number of carbonyl (C=O) groups is 2. The van der Waals surface area contributed by atoms with Crippen molar-refractivity contribution in [1.29, 1.82) is 0 Å². The molecule has 0 aromatic heterocycles. The van der Waals surface area contributed by atoms with E-state index in [9.17, 15) is 14.0 Å². The normalized spacial score (nSPS) is 28.5. The fourth-order valence-electron chi connectivity index (χ4n) is 6.36. The molecular weight excluding hydrogens is 403 g/mol. The molecule has 4 nitrogen and oxygen atoms in total. The Bertz CT molecular complexity index is 1210. The van der Waals surface area contributed by atoms with Gasteiger partial charge in [-0.2, -0.15) is 0 Å². The second-order valence-corrected chi connectivity index (χ2v) is 8.95. The van der Waals surface area contributed by atoms with Crippen molar-refractivity contribution in [3.05, 3.63) is 101 Å². The number of amides is 1. The number of rotatable bonds is 3. The van der Waals surface area contributed by atoms with Crippen molar-refractivity contribution in [2.45, 2.75) is 30.3 Å². The van der Waals surface area contributed by atoms with E-state index in [1.807, 2.05) is 42.5 Å². The van der Waals surface area contributed by atoms with Crippen LogP contribution < -0.4 is 5.32 Å². The highest BCUT2D eigenvalue weighted by atomic mass is 19.1. The summed E-state index contributed by atoms with van der Waals surface area (Å²) in [4.78, 5) is 30.2. The summed E-state index contributed by atoms with van der Waals surface area (Å²) in [6.45, 7) is 0.767. The van der Waals surface area contributed by atoms with Crippen molar-refractivity contribution in [2.75, 3.05) is 11.9 Å². The average molecular weight is 426 g/mol. The molecule has 0 radical (unpaired) electrons. The maximum Gasteiger partial charge on any atom is 0.250 e. The van der Waals surface area contributed by atoms with Gasteiger partial charge in [0.1, 0.15) is 11.4 Å². The van der Waals surface area contributed by atoms with Crippen LogP contribution in [0.4, 0.5) is 10.1 Å². The van der Waals surface area contributed by atoms with E-state index in [4.69, 9.17) is 0 Å². The summed E-state index contributed by atoms with van der Waals surface area (Å²) < 4.78 is 13.6. The number of hydrogen-bond donors (Lipinski definition) is 1. The lowest BCUT2D eigenvalue weighted by Gasteiger charge is -2.36. The Morgan fingerprint density at radius 2 is 1.69 bits per heavy atom. The first kappa shape index (κ1) is 19.4. The van der Waals surface area contributed by atoms with E-state index in [2.05, 4.69) is 22.3 Å². The van der Waals surface area contributed by atoms with Gasteiger partial charge < -0.3 is 5.32 Å². The Balaban J connectivity index is 1.61. The number of nitrogens with one attached hydrogen (secondary N) is 1. The lowest BCUT2D eigenvalue weighted by atomic mass is 9.69. The standard InChI is InChI=1S/C27H23FN2O2/c28-19-14-12-18(13-15-19)25(31)24-23(17-7-2-1-3-8-17)22-11-6-16-30(22)27(24)20-9-4-5-10-21(20)29-26(27)32/h1-5,7-10,12-15,22-24H,6,11,16H2,(H,29,32)/t22-,23+,24-,27+/m0/s1. The predicted molar refractivity (Wildman–Crippen MR) is 120 cm³/mol. The molecule has 4 atom stereocenters. The van der Waals surface area contributed by atoms with Crippen LogP contribution >= 0.6 is 0 Å². The van der Waals surface area contributed by atoms with Crippen LogP contribution in [0.1, 0.15) is 40.2 Å². The summed E-state index contributed by atoms with van der Waals surface area (Å²) >= 11 is 0. The van der Waals surface area contributed by atoms with E-state index >= 15 is 0 Å². The number of carbonyl (C=O) groups excluding carboxylic acids is 2. The van der Waals surface area contributed by atoms with Gasteiger partial charge in [-0.15, -0.1) is 0 Å². The molecular formula is C27H23FN2O2. The summed E-state index contributed by atoms with van der Waals surface area (Å²) in [5.41, 5.74) is 2.09. The highest BCUT2D eigenvalue weighted by Gasteiger charge is 2.69. The molecule has 32 heavy (non-hydrogen) atoms. The van der Waals surface area contributed by atoms with Crippen LogP contribution in [-0.4, -0.2) is 29.2 Å². The van der Waals surface area contributed by atoms with E-state index in [0.717, 1.165) is 36.2 Å². The highest BCUT2D eigenvalue weighted by molar-refractivity contribution is 6.12.